The topological polar surface area (TPSA) is 40.5 Å². The van der Waals surface area contributed by atoms with E-state index >= 15 is 0 Å². The van der Waals surface area contributed by atoms with Gasteiger partial charge in [0.05, 0.1) is 5.92 Å². The molecule has 0 aliphatic carbocycles. The highest BCUT2D eigenvalue weighted by atomic mass is 16.4. The molecule has 1 fully saturated rings. The lowest BCUT2D eigenvalue weighted by molar-refractivity contribution is -0.141. The molecule has 0 bridgehead atoms. The van der Waals surface area contributed by atoms with Crippen molar-refractivity contribution in [2.24, 2.45) is 5.92 Å². The van der Waals surface area contributed by atoms with Crippen LogP contribution in [0.2, 0.25) is 0 Å². The van der Waals surface area contributed by atoms with Crippen molar-refractivity contribution in [1.29, 1.82) is 0 Å². The number of carboxylic acid groups (broad SMARTS) is 1. The van der Waals surface area contributed by atoms with Crippen molar-refractivity contribution >= 4 is 5.97 Å². The highest BCUT2D eigenvalue weighted by Gasteiger charge is 2.26. The van der Waals surface area contributed by atoms with Gasteiger partial charge in [-0.25, -0.2) is 0 Å². The fourth-order valence-electron chi connectivity index (χ4n) is 1.32. The van der Waals surface area contributed by atoms with Gasteiger partial charge in [-0.3, -0.25) is 4.79 Å². The van der Waals surface area contributed by atoms with Crippen LogP contribution >= 0.6 is 0 Å². The Bertz CT molecular complexity index is 136. The molecule has 58 valence electrons. The summed E-state index contributed by atoms with van der Waals surface area (Å²) in [6.07, 6.45) is 0.823. The molecule has 0 radical (unpaired) electrons. The molecule has 0 spiro atoms. The zero-order chi connectivity index (χ0) is 7.56. The van der Waals surface area contributed by atoms with Gasteiger partial charge in [0, 0.05) is 6.54 Å². The molecule has 0 aromatic heterocycles. The molecular weight excluding hydrogens is 130 g/mol. The Labute approximate surface area is 60.6 Å². The van der Waals surface area contributed by atoms with Crippen LogP contribution in [0.5, 0.6) is 0 Å². The van der Waals surface area contributed by atoms with Crippen molar-refractivity contribution in [3.63, 3.8) is 0 Å². The van der Waals surface area contributed by atoms with Crippen molar-refractivity contribution in [3.8, 4) is 0 Å². The monoisotopic (exact) mass is 143 g/mol. The summed E-state index contributed by atoms with van der Waals surface area (Å²) in [5.41, 5.74) is 0. The smallest absolute Gasteiger partial charge is 0.307 e. The SMILES string of the molecule is CCN1CC[C@H](C(=O)O)C1. The third-order valence-corrected chi connectivity index (χ3v) is 2.07. The lowest BCUT2D eigenvalue weighted by Crippen LogP contribution is -2.22. The quantitative estimate of drug-likeness (QED) is 0.608. The fourth-order valence-corrected chi connectivity index (χ4v) is 1.32. The van der Waals surface area contributed by atoms with E-state index in [0.29, 0.717) is 0 Å². The van der Waals surface area contributed by atoms with Gasteiger partial charge in [0.2, 0.25) is 0 Å². The number of hydrogen-bond acceptors (Lipinski definition) is 2. The van der Waals surface area contributed by atoms with Crippen LogP contribution < -0.4 is 0 Å². The van der Waals surface area contributed by atoms with Crippen LogP contribution in [0.25, 0.3) is 0 Å². The van der Waals surface area contributed by atoms with Gasteiger partial charge in [0.15, 0.2) is 0 Å². The van der Waals surface area contributed by atoms with E-state index in [2.05, 4.69) is 11.8 Å². The van der Waals surface area contributed by atoms with Crippen LogP contribution in [0, 0.1) is 5.92 Å². The van der Waals surface area contributed by atoms with Crippen molar-refractivity contribution < 1.29 is 9.90 Å². The molecular formula is C7H13NO2. The predicted molar refractivity (Wildman–Crippen MR) is 37.9 cm³/mol. The summed E-state index contributed by atoms with van der Waals surface area (Å²) in [7, 11) is 0. The molecule has 1 aliphatic heterocycles. The van der Waals surface area contributed by atoms with E-state index in [1.807, 2.05) is 0 Å². The van der Waals surface area contributed by atoms with Gasteiger partial charge < -0.3 is 10.0 Å². The Morgan fingerprint density at radius 3 is 2.80 bits per heavy atom. The Kier molecular flexibility index (Phi) is 2.27. The molecule has 3 nitrogen and oxygen atoms in total. The molecule has 0 unspecified atom stereocenters. The zero-order valence-electron chi connectivity index (χ0n) is 6.21. The number of nitrogens with zero attached hydrogens (tertiary/aromatic N) is 1. The molecule has 0 amide bonds. The van der Waals surface area contributed by atoms with Gasteiger partial charge in [-0.05, 0) is 19.5 Å². The van der Waals surface area contributed by atoms with Crippen molar-refractivity contribution in [1.82, 2.24) is 4.90 Å². The standard InChI is InChI=1S/C7H13NO2/c1-2-8-4-3-6(5-8)7(9)10/h6H,2-5H2,1H3,(H,9,10)/t6-/m0/s1. The number of likely N-dealkylation sites (tertiary alicyclic amines) is 1. The van der Waals surface area contributed by atoms with Gasteiger partial charge in [0.25, 0.3) is 0 Å². The first kappa shape index (κ1) is 7.54. The van der Waals surface area contributed by atoms with Crippen LogP contribution in [0.15, 0.2) is 0 Å². The summed E-state index contributed by atoms with van der Waals surface area (Å²) in [6.45, 7) is 4.73. The molecule has 1 heterocycles. The molecule has 3 heteroatoms. The maximum Gasteiger partial charge on any atom is 0.307 e. The van der Waals surface area contributed by atoms with Crippen LogP contribution in [-0.2, 0) is 4.79 Å². The highest BCUT2D eigenvalue weighted by Crippen LogP contribution is 2.14. The third kappa shape index (κ3) is 1.48. The summed E-state index contributed by atoms with van der Waals surface area (Å²) in [5.74, 6) is -0.754. The summed E-state index contributed by atoms with van der Waals surface area (Å²) < 4.78 is 0. The Morgan fingerprint density at radius 2 is 2.50 bits per heavy atom. The van der Waals surface area contributed by atoms with E-state index in [1.165, 1.54) is 0 Å². The second-order valence-corrected chi connectivity index (χ2v) is 2.72. The number of aliphatic carboxylic acids is 1. The Hall–Kier alpha value is -0.570. The largest absolute Gasteiger partial charge is 0.481 e. The molecule has 0 aromatic rings. The number of carbonyl (C=O) groups is 1. The normalized spacial score (nSPS) is 27.1. The lowest BCUT2D eigenvalue weighted by atomic mass is 10.1. The van der Waals surface area contributed by atoms with E-state index in [-0.39, 0.29) is 5.92 Å². The maximum atomic E-state index is 10.4. The summed E-state index contributed by atoms with van der Waals surface area (Å²) in [6, 6.07) is 0. The minimum absolute atomic E-state index is 0.111. The maximum absolute atomic E-state index is 10.4. The Morgan fingerprint density at radius 1 is 1.80 bits per heavy atom. The van der Waals surface area contributed by atoms with Crippen molar-refractivity contribution in [2.75, 3.05) is 19.6 Å². The Balaban J connectivity index is 2.35. The van der Waals surface area contributed by atoms with E-state index in [9.17, 15) is 4.79 Å². The lowest BCUT2D eigenvalue weighted by Gasteiger charge is -2.10. The van der Waals surface area contributed by atoms with Gasteiger partial charge in [-0.2, -0.15) is 0 Å². The number of carboxylic acids is 1. The van der Waals surface area contributed by atoms with E-state index in [0.717, 1.165) is 26.1 Å². The van der Waals surface area contributed by atoms with Crippen molar-refractivity contribution in [3.05, 3.63) is 0 Å². The molecule has 1 saturated heterocycles. The molecule has 1 N–H and O–H groups in total. The van der Waals surface area contributed by atoms with Crippen LogP contribution in [0.3, 0.4) is 0 Å². The molecule has 1 atom stereocenters. The number of hydrogen-bond donors (Lipinski definition) is 1. The average Bonchev–Trinajstić information content (AvgIpc) is 2.34. The minimum Gasteiger partial charge on any atom is -0.481 e. The number of rotatable bonds is 2. The van der Waals surface area contributed by atoms with E-state index < -0.39 is 5.97 Å². The molecule has 0 saturated carbocycles. The predicted octanol–water partition coefficient (Wildman–Crippen LogP) is 0.413. The van der Waals surface area contributed by atoms with Gasteiger partial charge in [-0.1, -0.05) is 6.92 Å². The fraction of sp³-hybridized carbons (Fsp3) is 0.857. The first-order valence-electron chi connectivity index (χ1n) is 3.69. The van der Waals surface area contributed by atoms with E-state index in [4.69, 9.17) is 5.11 Å². The van der Waals surface area contributed by atoms with E-state index in [1.54, 1.807) is 0 Å². The van der Waals surface area contributed by atoms with Gasteiger partial charge >= 0.3 is 5.97 Å². The molecule has 1 rings (SSSR count). The summed E-state index contributed by atoms with van der Waals surface area (Å²) in [5, 5.41) is 8.60. The van der Waals surface area contributed by atoms with Gasteiger partial charge in [0.1, 0.15) is 0 Å². The first-order valence-corrected chi connectivity index (χ1v) is 3.69. The summed E-state index contributed by atoms with van der Waals surface area (Å²) in [4.78, 5) is 12.6. The van der Waals surface area contributed by atoms with Crippen LogP contribution in [0.1, 0.15) is 13.3 Å². The third-order valence-electron chi connectivity index (χ3n) is 2.07. The highest BCUT2D eigenvalue weighted by molar-refractivity contribution is 5.70. The second-order valence-electron chi connectivity index (χ2n) is 2.72. The van der Waals surface area contributed by atoms with Crippen molar-refractivity contribution in [2.45, 2.75) is 13.3 Å². The van der Waals surface area contributed by atoms with Crippen LogP contribution in [0.4, 0.5) is 0 Å². The van der Waals surface area contributed by atoms with Crippen LogP contribution in [-0.4, -0.2) is 35.6 Å². The first-order chi connectivity index (χ1) is 4.74. The minimum atomic E-state index is -0.643. The zero-order valence-corrected chi connectivity index (χ0v) is 6.21. The molecule has 0 aromatic carbocycles. The molecule has 10 heavy (non-hydrogen) atoms. The second kappa shape index (κ2) is 3.01. The van der Waals surface area contributed by atoms with Gasteiger partial charge in [-0.15, -0.1) is 0 Å². The molecule has 1 aliphatic rings. The average molecular weight is 143 g/mol. The summed E-state index contributed by atoms with van der Waals surface area (Å²) >= 11 is 0.